The molecule has 0 spiro atoms. The molecule has 3 nitrogen and oxygen atoms in total. The number of thiazole rings is 1. The second-order valence-electron chi connectivity index (χ2n) is 4.60. The average Bonchev–Trinajstić information content (AvgIpc) is 2.65. The van der Waals surface area contributed by atoms with Crippen LogP contribution in [-0.4, -0.2) is 34.2 Å². The normalized spacial score (nSPS) is 12.0. The van der Waals surface area contributed by atoms with Gasteiger partial charge in [0, 0.05) is 23.7 Å². The number of hydrogen-bond donors (Lipinski definition) is 1. The molecule has 0 aliphatic carbocycles. The van der Waals surface area contributed by atoms with E-state index in [4.69, 9.17) is 5.11 Å². The Bertz CT molecular complexity index is 310. The lowest BCUT2D eigenvalue weighted by molar-refractivity contribution is 0.159. The average molecular weight is 242 g/mol. The molecule has 0 bridgehead atoms. The molecule has 0 fully saturated rings. The SMILES string of the molecule is CC(C)c1cnc(CN(CCO)C(C)C)s1. The third-order valence-electron chi connectivity index (χ3n) is 2.60. The second-order valence-corrected chi connectivity index (χ2v) is 5.75. The molecule has 1 rings (SSSR count). The Balaban J connectivity index is 2.62. The molecule has 1 aromatic rings. The van der Waals surface area contributed by atoms with Crippen molar-refractivity contribution < 1.29 is 5.11 Å². The lowest BCUT2D eigenvalue weighted by Crippen LogP contribution is -2.32. The van der Waals surface area contributed by atoms with Crippen molar-refractivity contribution >= 4 is 11.3 Å². The first-order chi connectivity index (χ1) is 7.54. The van der Waals surface area contributed by atoms with Crippen LogP contribution in [0.4, 0.5) is 0 Å². The Labute approximate surface area is 102 Å². The monoisotopic (exact) mass is 242 g/mol. The van der Waals surface area contributed by atoms with Gasteiger partial charge in [0.05, 0.1) is 13.2 Å². The summed E-state index contributed by atoms with van der Waals surface area (Å²) in [5.74, 6) is 0.552. The maximum absolute atomic E-state index is 9.00. The zero-order valence-electron chi connectivity index (χ0n) is 10.6. The Kier molecular flexibility index (Phi) is 5.38. The molecule has 16 heavy (non-hydrogen) atoms. The van der Waals surface area contributed by atoms with Crippen LogP contribution in [0.1, 0.15) is 43.5 Å². The fourth-order valence-electron chi connectivity index (χ4n) is 1.49. The molecule has 0 aliphatic rings. The van der Waals surface area contributed by atoms with Gasteiger partial charge >= 0.3 is 0 Å². The van der Waals surface area contributed by atoms with E-state index in [-0.39, 0.29) is 6.61 Å². The van der Waals surface area contributed by atoms with E-state index in [1.165, 1.54) is 4.88 Å². The molecule has 0 aliphatic heterocycles. The number of hydrogen-bond acceptors (Lipinski definition) is 4. The van der Waals surface area contributed by atoms with E-state index >= 15 is 0 Å². The standard InChI is InChI=1S/C12H22N2OS/c1-9(2)11-7-13-12(16-11)8-14(5-6-15)10(3)4/h7,9-10,15H,5-6,8H2,1-4H3. The van der Waals surface area contributed by atoms with Crippen LogP contribution in [-0.2, 0) is 6.54 Å². The maximum atomic E-state index is 9.00. The van der Waals surface area contributed by atoms with Crippen LogP contribution in [0.5, 0.6) is 0 Å². The number of aliphatic hydroxyl groups is 1. The number of aliphatic hydroxyl groups excluding tert-OH is 1. The fourth-order valence-corrected chi connectivity index (χ4v) is 2.44. The topological polar surface area (TPSA) is 36.4 Å². The van der Waals surface area contributed by atoms with Gasteiger partial charge in [0.15, 0.2) is 0 Å². The van der Waals surface area contributed by atoms with Gasteiger partial charge in [0.25, 0.3) is 0 Å². The van der Waals surface area contributed by atoms with E-state index in [9.17, 15) is 0 Å². The van der Waals surface area contributed by atoms with Gasteiger partial charge in [-0.1, -0.05) is 13.8 Å². The van der Waals surface area contributed by atoms with Crippen molar-refractivity contribution in [3.63, 3.8) is 0 Å². The summed E-state index contributed by atoms with van der Waals surface area (Å²) in [5, 5.41) is 10.1. The van der Waals surface area contributed by atoms with E-state index in [0.717, 1.165) is 11.6 Å². The first kappa shape index (κ1) is 13.6. The van der Waals surface area contributed by atoms with Gasteiger partial charge in [-0.2, -0.15) is 0 Å². The summed E-state index contributed by atoms with van der Waals surface area (Å²) in [5.41, 5.74) is 0. The highest BCUT2D eigenvalue weighted by Crippen LogP contribution is 2.23. The molecule has 1 N–H and O–H groups in total. The highest BCUT2D eigenvalue weighted by atomic mass is 32.1. The van der Waals surface area contributed by atoms with Crippen molar-refractivity contribution in [3.05, 3.63) is 16.1 Å². The molecule has 4 heteroatoms. The van der Waals surface area contributed by atoms with Crippen LogP contribution >= 0.6 is 11.3 Å². The highest BCUT2D eigenvalue weighted by molar-refractivity contribution is 7.11. The van der Waals surface area contributed by atoms with Gasteiger partial charge in [-0.3, -0.25) is 4.90 Å². The zero-order valence-corrected chi connectivity index (χ0v) is 11.4. The Morgan fingerprint density at radius 2 is 2.06 bits per heavy atom. The number of nitrogens with zero attached hydrogens (tertiary/aromatic N) is 2. The van der Waals surface area contributed by atoms with Gasteiger partial charge in [-0.15, -0.1) is 11.3 Å². The van der Waals surface area contributed by atoms with Crippen LogP contribution in [0.15, 0.2) is 6.20 Å². The van der Waals surface area contributed by atoms with Crippen molar-refractivity contribution in [3.8, 4) is 0 Å². The largest absolute Gasteiger partial charge is 0.395 e. The third kappa shape index (κ3) is 3.85. The summed E-state index contributed by atoms with van der Waals surface area (Å²) in [4.78, 5) is 8.01. The highest BCUT2D eigenvalue weighted by Gasteiger charge is 2.12. The van der Waals surface area contributed by atoms with Crippen LogP contribution < -0.4 is 0 Å². The molecule has 0 unspecified atom stereocenters. The van der Waals surface area contributed by atoms with E-state index < -0.39 is 0 Å². The summed E-state index contributed by atoms with van der Waals surface area (Å²) in [6, 6.07) is 0.443. The molecule has 1 aromatic heterocycles. The second kappa shape index (κ2) is 6.33. The maximum Gasteiger partial charge on any atom is 0.107 e. The Morgan fingerprint density at radius 3 is 2.50 bits per heavy atom. The fraction of sp³-hybridized carbons (Fsp3) is 0.750. The smallest absolute Gasteiger partial charge is 0.107 e. The molecule has 0 saturated carbocycles. The molecule has 0 atom stereocenters. The quantitative estimate of drug-likeness (QED) is 0.832. The van der Waals surface area contributed by atoms with Crippen molar-refractivity contribution in [1.29, 1.82) is 0 Å². The number of rotatable bonds is 6. The zero-order chi connectivity index (χ0) is 12.1. The predicted octanol–water partition coefficient (Wildman–Crippen LogP) is 2.47. The van der Waals surface area contributed by atoms with Crippen molar-refractivity contribution in [1.82, 2.24) is 9.88 Å². The van der Waals surface area contributed by atoms with Crippen LogP contribution in [0.3, 0.4) is 0 Å². The van der Waals surface area contributed by atoms with Gasteiger partial charge in [0.1, 0.15) is 5.01 Å². The van der Waals surface area contributed by atoms with E-state index in [0.29, 0.717) is 18.5 Å². The first-order valence-corrected chi connectivity index (χ1v) is 6.65. The van der Waals surface area contributed by atoms with Gasteiger partial charge in [0.2, 0.25) is 0 Å². The number of aromatic nitrogens is 1. The van der Waals surface area contributed by atoms with E-state index in [1.807, 2.05) is 6.20 Å². The summed E-state index contributed by atoms with van der Waals surface area (Å²) < 4.78 is 0. The minimum Gasteiger partial charge on any atom is -0.395 e. The van der Waals surface area contributed by atoms with E-state index in [2.05, 4.69) is 37.6 Å². The van der Waals surface area contributed by atoms with Crippen LogP contribution in [0.25, 0.3) is 0 Å². The minimum atomic E-state index is 0.209. The first-order valence-electron chi connectivity index (χ1n) is 5.84. The lowest BCUT2D eigenvalue weighted by Gasteiger charge is -2.24. The molecular formula is C12H22N2OS. The summed E-state index contributed by atoms with van der Waals surface area (Å²) in [6.07, 6.45) is 1.97. The summed E-state index contributed by atoms with van der Waals surface area (Å²) in [7, 11) is 0. The molecule has 1 heterocycles. The lowest BCUT2D eigenvalue weighted by atomic mass is 10.2. The molecule has 92 valence electrons. The van der Waals surface area contributed by atoms with Gasteiger partial charge < -0.3 is 5.11 Å². The summed E-state index contributed by atoms with van der Waals surface area (Å²) in [6.45, 7) is 10.4. The molecular weight excluding hydrogens is 220 g/mol. The third-order valence-corrected chi connectivity index (χ3v) is 3.88. The van der Waals surface area contributed by atoms with E-state index in [1.54, 1.807) is 11.3 Å². The summed E-state index contributed by atoms with van der Waals surface area (Å²) >= 11 is 1.78. The van der Waals surface area contributed by atoms with Crippen molar-refractivity contribution in [2.24, 2.45) is 0 Å². The van der Waals surface area contributed by atoms with Crippen molar-refractivity contribution in [2.75, 3.05) is 13.2 Å². The van der Waals surface area contributed by atoms with Crippen LogP contribution in [0.2, 0.25) is 0 Å². The minimum absolute atomic E-state index is 0.209. The predicted molar refractivity (Wildman–Crippen MR) is 68.8 cm³/mol. The Morgan fingerprint density at radius 1 is 1.38 bits per heavy atom. The molecule has 0 amide bonds. The van der Waals surface area contributed by atoms with Gasteiger partial charge in [-0.05, 0) is 19.8 Å². The van der Waals surface area contributed by atoms with Gasteiger partial charge in [-0.25, -0.2) is 4.98 Å². The molecule has 0 radical (unpaired) electrons. The van der Waals surface area contributed by atoms with Crippen molar-refractivity contribution in [2.45, 2.75) is 46.2 Å². The Hall–Kier alpha value is -0.450. The molecule has 0 saturated heterocycles. The van der Waals surface area contributed by atoms with Crippen LogP contribution in [0, 0.1) is 0 Å². The molecule has 0 aromatic carbocycles.